The number of nitrogens with zero attached hydrogens (tertiary/aromatic N) is 3. The Bertz CT molecular complexity index is 671. The Balaban J connectivity index is 1.69. The molecule has 3 amide bonds. The Kier molecular flexibility index (Phi) is 5.48. The summed E-state index contributed by atoms with van der Waals surface area (Å²) in [7, 11) is 4.84. The van der Waals surface area contributed by atoms with E-state index < -0.39 is 5.54 Å². The van der Waals surface area contributed by atoms with Crippen molar-refractivity contribution in [1.82, 2.24) is 14.7 Å². The van der Waals surface area contributed by atoms with Gasteiger partial charge < -0.3 is 14.4 Å². The second-order valence-electron chi connectivity index (χ2n) is 6.95. The first-order valence-electron chi connectivity index (χ1n) is 8.96. The molecule has 2 saturated heterocycles. The molecule has 1 spiro atoms. The van der Waals surface area contributed by atoms with E-state index in [-0.39, 0.29) is 11.9 Å². The van der Waals surface area contributed by atoms with Gasteiger partial charge in [0.1, 0.15) is 11.3 Å². The van der Waals surface area contributed by atoms with E-state index >= 15 is 0 Å². The van der Waals surface area contributed by atoms with Gasteiger partial charge in [-0.2, -0.15) is 0 Å². The van der Waals surface area contributed by atoms with Crippen LogP contribution in [0.3, 0.4) is 0 Å². The first-order valence-corrected chi connectivity index (χ1v) is 8.96. The number of hydrogen-bond donors (Lipinski definition) is 0. The molecule has 0 radical (unpaired) electrons. The van der Waals surface area contributed by atoms with Gasteiger partial charge in [0, 0.05) is 40.3 Å². The first-order chi connectivity index (χ1) is 12.5. The lowest BCUT2D eigenvalue weighted by Crippen LogP contribution is -2.57. The van der Waals surface area contributed by atoms with E-state index in [2.05, 4.69) is 11.0 Å². The number of benzene rings is 1. The van der Waals surface area contributed by atoms with Gasteiger partial charge in [0.25, 0.3) is 5.91 Å². The third kappa shape index (κ3) is 3.29. The topological polar surface area (TPSA) is 62.3 Å². The molecule has 26 heavy (non-hydrogen) atoms. The van der Waals surface area contributed by atoms with E-state index in [0.29, 0.717) is 26.0 Å². The van der Waals surface area contributed by atoms with Crippen molar-refractivity contribution in [2.45, 2.75) is 24.9 Å². The standard InChI is InChI=1S/C19H27N3O4/c1-20-17(23)19(22(18(20)24)11-12-25-2)7-9-21(10-8-19)14-15-5-4-6-16(13-15)26-3/h4-6,13H,7-12,14H2,1-3H3. The van der Waals surface area contributed by atoms with E-state index in [4.69, 9.17) is 9.47 Å². The molecule has 0 aromatic heterocycles. The predicted molar refractivity (Wildman–Crippen MR) is 97.0 cm³/mol. The molecule has 2 fully saturated rings. The highest BCUT2D eigenvalue weighted by Crippen LogP contribution is 2.36. The number of imide groups is 1. The number of likely N-dealkylation sites (tertiary alicyclic amines) is 1. The Morgan fingerprint density at radius 3 is 2.54 bits per heavy atom. The number of urea groups is 1. The minimum Gasteiger partial charge on any atom is -0.497 e. The molecule has 0 N–H and O–H groups in total. The molecule has 142 valence electrons. The van der Waals surface area contributed by atoms with Crippen LogP contribution < -0.4 is 4.74 Å². The van der Waals surface area contributed by atoms with E-state index in [1.54, 1.807) is 26.2 Å². The van der Waals surface area contributed by atoms with Crippen molar-refractivity contribution in [3.8, 4) is 5.75 Å². The van der Waals surface area contributed by atoms with Crippen LogP contribution in [0, 0.1) is 0 Å². The van der Waals surface area contributed by atoms with E-state index in [1.165, 1.54) is 10.5 Å². The third-order valence-corrected chi connectivity index (χ3v) is 5.48. The Labute approximate surface area is 154 Å². The fourth-order valence-electron chi connectivity index (χ4n) is 3.96. The van der Waals surface area contributed by atoms with Crippen molar-refractivity contribution in [2.75, 3.05) is 47.5 Å². The van der Waals surface area contributed by atoms with Crippen molar-refractivity contribution in [1.29, 1.82) is 0 Å². The van der Waals surface area contributed by atoms with E-state index in [9.17, 15) is 9.59 Å². The van der Waals surface area contributed by atoms with Gasteiger partial charge in [-0.15, -0.1) is 0 Å². The zero-order valence-corrected chi connectivity index (χ0v) is 15.7. The summed E-state index contributed by atoms with van der Waals surface area (Å²) in [4.78, 5) is 30.6. The number of piperidine rings is 1. The smallest absolute Gasteiger partial charge is 0.327 e. The molecule has 0 saturated carbocycles. The fraction of sp³-hybridized carbons (Fsp3) is 0.579. The number of carbonyl (C=O) groups excluding carboxylic acids is 2. The number of carbonyl (C=O) groups is 2. The van der Waals surface area contributed by atoms with Crippen LogP contribution in [-0.2, 0) is 16.1 Å². The largest absolute Gasteiger partial charge is 0.497 e. The van der Waals surface area contributed by atoms with Gasteiger partial charge in [-0.05, 0) is 30.5 Å². The minimum atomic E-state index is -0.713. The number of likely N-dealkylation sites (N-methyl/N-ethyl adjacent to an activating group) is 1. The van der Waals surface area contributed by atoms with Gasteiger partial charge >= 0.3 is 6.03 Å². The molecule has 0 unspecified atom stereocenters. The van der Waals surface area contributed by atoms with Crippen LogP contribution in [0.25, 0.3) is 0 Å². The SMILES string of the molecule is COCCN1C(=O)N(C)C(=O)C12CCN(Cc1cccc(OC)c1)CC2. The van der Waals surface area contributed by atoms with Gasteiger partial charge in [0.2, 0.25) is 0 Å². The van der Waals surface area contributed by atoms with Crippen LogP contribution in [0.5, 0.6) is 5.75 Å². The molecule has 0 atom stereocenters. The third-order valence-electron chi connectivity index (χ3n) is 5.48. The second-order valence-corrected chi connectivity index (χ2v) is 6.95. The highest BCUT2D eigenvalue weighted by Gasteiger charge is 2.56. The molecular formula is C19H27N3O4. The molecule has 1 aromatic carbocycles. The average Bonchev–Trinajstić information content (AvgIpc) is 2.83. The number of amides is 3. The quantitative estimate of drug-likeness (QED) is 0.720. The normalized spacial score (nSPS) is 20.3. The summed E-state index contributed by atoms with van der Waals surface area (Å²) in [5, 5.41) is 0. The van der Waals surface area contributed by atoms with Gasteiger partial charge in [0.15, 0.2) is 0 Å². The van der Waals surface area contributed by atoms with Gasteiger partial charge in [-0.25, -0.2) is 4.79 Å². The van der Waals surface area contributed by atoms with Crippen LogP contribution in [0.1, 0.15) is 18.4 Å². The highest BCUT2D eigenvalue weighted by atomic mass is 16.5. The molecule has 2 aliphatic heterocycles. The van der Waals surface area contributed by atoms with Crippen molar-refractivity contribution in [3.05, 3.63) is 29.8 Å². The van der Waals surface area contributed by atoms with Gasteiger partial charge in [0.05, 0.1) is 13.7 Å². The molecule has 2 heterocycles. The van der Waals surface area contributed by atoms with Crippen LogP contribution >= 0.6 is 0 Å². The average molecular weight is 361 g/mol. The molecule has 1 aromatic rings. The lowest BCUT2D eigenvalue weighted by atomic mass is 9.85. The summed E-state index contributed by atoms with van der Waals surface area (Å²) >= 11 is 0. The predicted octanol–water partition coefficient (Wildman–Crippen LogP) is 1.57. The monoisotopic (exact) mass is 361 g/mol. The van der Waals surface area contributed by atoms with Crippen molar-refractivity contribution in [3.63, 3.8) is 0 Å². The van der Waals surface area contributed by atoms with Crippen molar-refractivity contribution >= 4 is 11.9 Å². The Hall–Kier alpha value is -2.12. The second kappa shape index (κ2) is 7.63. The van der Waals surface area contributed by atoms with Crippen molar-refractivity contribution < 1.29 is 19.1 Å². The summed E-state index contributed by atoms with van der Waals surface area (Å²) in [6.45, 7) is 3.23. The molecule has 7 nitrogen and oxygen atoms in total. The van der Waals surface area contributed by atoms with Gasteiger partial charge in [-0.3, -0.25) is 14.6 Å². The molecule has 7 heteroatoms. The summed E-state index contributed by atoms with van der Waals surface area (Å²) in [6, 6.07) is 7.82. The highest BCUT2D eigenvalue weighted by molar-refractivity contribution is 6.06. The van der Waals surface area contributed by atoms with Crippen LogP contribution in [0.15, 0.2) is 24.3 Å². The van der Waals surface area contributed by atoms with Gasteiger partial charge in [-0.1, -0.05) is 12.1 Å². The fourth-order valence-corrected chi connectivity index (χ4v) is 3.96. The number of ether oxygens (including phenoxy) is 2. The molecule has 0 aliphatic carbocycles. The van der Waals surface area contributed by atoms with Crippen molar-refractivity contribution in [2.24, 2.45) is 0 Å². The Morgan fingerprint density at radius 2 is 1.88 bits per heavy atom. The lowest BCUT2D eigenvalue weighted by molar-refractivity contribution is -0.135. The first kappa shape index (κ1) is 18.7. The lowest BCUT2D eigenvalue weighted by Gasteiger charge is -2.42. The number of hydrogen-bond acceptors (Lipinski definition) is 5. The summed E-state index contributed by atoms with van der Waals surface area (Å²) in [6.07, 6.45) is 1.30. The summed E-state index contributed by atoms with van der Waals surface area (Å²) in [5.74, 6) is 0.763. The van der Waals surface area contributed by atoms with Crippen LogP contribution in [0.4, 0.5) is 4.79 Å². The van der Waals surface area contributed by atoms with Crippen LogP contribution in [-0.4, -0.2) is 79.7 Å². The maximum absolute atomic E-state index is 12.8. The minimum absolute atomic E-state index is 0.0837. The summed E-state index contributed by atoms with van der Waals surface area (Å²) < 4.78 is 10.4. The molecule has 0 bridgehead atoms. The van der Waals surface area contributed by atoms with Crippen LogP contribution in [0.2, 0.25) is 0 Å². The Morgan fingerprint density at radius 1 is 1.15 bits per heavy atom. The molecule has 3 rings (SSSR count). The zero-order valence-electron chi connectivity index (χ0n) is 15.7. The molecule has 2 aliphatic rings. The number of methoxy groups -OCH3 is 2. The zero-order chi connectivity index (χ0) is 18.7. The number of rotatable bonds is 6. The van der Waals surface area contributed by atoms with E-state index in [1.807, 2.05) is 18.2 Å². The maximum Gasteiger partial charge on any atom is 0.327 e. The van der Waals surface area contributed by atoms with E-state index in [0.717, 1.165) is 25.4 Å². The molecular weight excluding hydrogens is 334 g/mol. The summed E-state index contributed by atoms with van der Waals surface area (Å²) in [5.41, 5.74) is 0.470. The maximum atomic E-state index is 12.8.